The number of carbonyl (C=O) groups is 1. The summed E-state index contributed by atoms with van der Waals surface area (Å²) >= 11 is 0. The van der Waals surface area contributed by atoms with Gasteiger partial charge in [0.1, 0.15) is 5.75 Å². The molecule has 1 heterocycles. The molecule has 1 N–H and O–H groups in total. The monoisotopic (exact) mass is 392 g/mol. The average Bonchev–Trinajstić information content (AvgIpc) is 3.08. The smallest absolute Gasteiger partial charge is 0.239 e. The minimum absolute atomic E-state index is 0.0252. The molecule has 2 aromatic rings. The molecule has 0 saturated carbocycles. The molecule has 0 atom stereocenters. The van der Waals surface area contributed by atoms with Crippen molar-refractivity contribution in [1.29, 1.82) is 0 Å². The van der Waals surface area contributed by atoms with Crippen LogP contribution in [0.4, 0.5) is 5.69 Å². The third-order valence-corrected chi connectivity index (χ3v) is 5.18. The summed E-state index contributed by atoms with van der Waals surface area (Å²) in [6, 6.07) is 12.0. The van der Waals surface area contributed by atoms with Gasteiger partial charge in [-0.15, -0.1) is 0 Å². The van der Waals surface area contributed by atoms with Crippen molar-refractivity contribution in [2.75, 3.05) is 32.0 Å². The highest BCUT2D eigenvalue weighted by atomic mass is 32.2. The van der Waals surface area contributed by atoms with Crippen LogP contribution in [0.25, 0.3) is 0 Å². The Balaban J connectivity index is 1.72. The second kappa shape index (κ2) is 7.85. The van der Waals surface area contributed by atoms with E-state index in [2.05, 4.69) is 5.32 Å². The molecule has 1 amide bonds. The first-order chi connectivity index (χ1) is 12.9. The van der Waals surface area contributed by atoms with Gasteiger partial charge >= 0.3 is 0 Å². The highest BCUT2D eigenvalue weighted by Gasteiger charge is 2.22. The Hall–Kier alpha value is -2.78. The van der Waals surface area contributed by atoms with Crippen molar-refractivity contribution in [1.82, 2.24) is 4.31 Å². The zero-order valence-corrected chi connectivity index (χ0v) is 15.8. The normalized spacial score (nSPS) is 12.9. The molecule has 0 saturated heterocycles. The van der Waals surface area contributed by atoms with Crippen LogP contribution >= 0.6 is 0 Å². The molecule has 1 aliphatic heterocycles. The Kier molecular flexibility index (Phi) is 5.52. The summed E-state index contributed by atoms with van der Waals surface area (Å²) in [6.45, 7) is -0.170. The third kappa shape index (κ3) is 4.69. The summed E-state index contributed by atoms with van der Waals surface area (Å²) in [7, 11) is -2.10. The lowest BCUT2D eigenvalue weighted by atomic mass is 10.2. The van der Waals surface area contributed by atoms with Crippen LogP contribution in [0, 0.1) is 0 Å². The number of fused-ring (bicyclic) bond motifs is 1. The summed E-state index contributed by atoms with van der Waals surface area (Å²) in [5.74, 6) is 1.22. The Morgan fingerprint density at radius 2 is 1.93 bits per heavy atom. The van der Waals surface area contributed by atoms with Crippen LogP contribution in [-0.4, -0.2) is 45.3 Å². The summed E-state index contributed by atoms with van der Waals surface area (Å²) in [4.78, 5) is 12.4. The average molecular weight is 392 g/mol. The lowest BCUT2D eigenvalue weighted by Crippen LogP contribution is -2.37. The molecular weight excluding hydrogens is 372 g/mol. The number of anilines is 1. The number of ether oxygens (including phenoxy) is 3. The maximum Gasteiger partial charge on any atom is 0.239 e. The first-order valence-corrected chi connectivity index (χ1v) is 9.98. The molecule has 0 bridgehead atoms. The van der Waals surface area contributed by atoms with Crippen LogP contribution in [0.2, 0.25) is 0 Å². The molecule has 0 fully saturated rings. The van der Waals surface area contributed by atoms with E-state index < -0.39 is 15.9 Å². The second-order valence-electron chi connectivity index (χ2n) is 5.96. The largest absolute Gasteiger partial charge is 0.496 e. The number of sulfonamides is 1. The number of carbonyl (C=O) groups excluding carboxylic acids is 1. The van der Waals surface area contributed by atoms with Crippen LogP contribution < -0.4 is 19.5 Å². The van der Waals surface area contributed by atoms with Crippen LogP contribution in [0.15, 0.2) is 42.5 Å². The number of nitrogens with zero attached hydrogens (tertiary/aromatic N) is 1. The molecule has 0 unspecified atom stereocenters. The minimum Gasteiger partial charge on any atom is -0.496 e. The Labute approximate surface area is 157 Å². The van der Waals surface area contributed by atoms with E-state index in [0.29, 0.717) is 28.5 Å². The zero-order chi connectivity index (χ0) is 19.4. The molecule has 0 spiro atoms. The van der Waals surface area contributed by atoms with E-state index in [0.717, 1.165) is 10.6 Å². The molecule has 27 heavy (non-hydrogen) atoms. The summed E-state index contributed by atoms with van der Waals surface area (Å²) in [6.07, 6.45) is 1.07. The molecule has 0 aliphatic carbocycles. The van der Waals surface area contributed by atoms with Gasteiger partial charge in [-0.05, 0) is 18.2 Å². The van der Waals surface area contributed by atoms with E-state index in [-0.39, 0.29) is 19.9 Å². The first kappa shape index (κ1) is 19.0. The topological polar surface area (TPSA) is 94.2 Å². The Morgan fingerprint density at radius 1 is 1.19 bits per heavy atom. The highest BCUT2D eigenvalue weighted by Crippen LogP contribution is 2.34. The molecular formula is C18H20N2O6S. The van der Waals surface area contributed by atoms with E-state index >= 15 is 0 Å². The molecule has 0 radical (unpaired) electrons. The number of hydrogen-bond donors (Lipinski definition) is 1. The van der Waals surface area contributed by atoms with Gasteiger partial charge in [-0.2, -0.15) is 4.31 Å². The van der Waals surface area contributed by atoms with E-state index in [1.807, 2.05) is 0 Å². The number of amides is 1. The van der Waals surface area contributed by atoms with Gasteiger partial charge in [0.15, 0.2) is 11.5 Å². The SMILES string of the molecule is COc1ccccc1CN(CC(=O)Nc1ccc2c(c1)OCO2)S(C)(=O)=O. The van der Waals surface area contributed by atoms with Crippen molar-refractivity contribution in [2.24, 2.45) is 0 Å². The lowest BCUT2D eigenvalue weighted by molar-refractivity contribution is -0.116. The number of nitrogens with one attached hydrogen (secondary N) is 1. The second-order valence-corrected chi connectivity index (χ2v) is 7.94. The highest BCUT2D eigenvalue weighted by molar-refractivity contribution is 7.88. The molecule has 3 rings (SSSR count). The number of para-hydroxylation sites is 1. The quantitative estimate of drug-likeness (QED) is 0.773. The van der Waals surface area contributed by atoms with E-state index in [1.54, 1.807) is 42.5 Å². The predicted molar refractivity (Wildman–Crippen MR) is 99.4 cm³/mol. The number of methoxy groups -OCH3 is 1. The predicted octanol–water partition coefficient (Wildman–Crippen LogP) is 1.82. The van der Waals surface area contributed by atoms with Crippen molar-refractivity contribution in [3.05, 3.63) is 48.0 Å². The number of hydrogen-bond acceptors (Lipinski definition) is 6. The van der Waals surface area contributed by atoms with Crippen molar-refractivity contribution in [3.8, 4) is 17.2 Å². The van der Waals surface area contributed by atoms with Crippen LogP contribution in [-0.2, 0) is 21.4 Å². The van der Waals surface area contributed by atoms with Gasteiger partial charge in [0.05, 0.1) is 19.9 Å². The fraction of sp³-hybridized carbons (Fsp3) is 0.278. The Morgan fingerprint density at radius 3 is 2.67 bits per heavy atom. The van der Waals surface area contributed by atoms with Gasteiger partial charge in [0.2, 0.25) is 22.7 Å². The van der Waals surface area contributed by atoms with Crippen molar-refractivity contribution >= 4 is 21.6 Å². The van der Waals surface area contributed by atoms with Gasteiger partial charge in [-0.25, -0.2) is 8.42 Å². The fourth-order valence-corrected chi connectivity index (χ4v) is 3.37. The third-order valence-electron chi connectivity index (χ3n) is 3.98. The minimum atomic E-state index is -3.61. The van der Waals surface area contributed by atoms with Crippen LogP contribution in [0.5, 0.6) is 17.2 Å². The molecule has 9 heteroatoms. The summed E-state index contributed by atoms with van der Waals surface area (Å²) in [5.41, 5.74) is 1.16. The van der Waals surface area contributed by atoms with Crippen molar-refractivity contribution in [3.63, 3.8) is 0 Å². The molecule has 1 aliphatic rings. The summed E-state index contributed by atoms with van der Waals surface area (Å²) in [5, 5.41) is 2.68. The first-order valence-electron chi connectivity index (χ1n) is 8.13. The summed E-state index contributed by atoms with van der Waals surface area (Å²) < 4.78 is 41.1. The lowest BCUT2D eigenvalue weighted by Gasteiger charge is -2.20. The maximum absolute atomic E-state index is 12.4. The van der Waals surface area contributed by atoms with E-state index in [1.165, 1.54) is 7.11 Å². The molecule has 8 nitrogen and oxygen atoms in total. The van der Waals surface area contributed by atoms with Crippen LogP contribution in [0.1, 0.15) is 5.56 Å². The van der Waals surface area contributed by atoms with Gasteiger partial charge in [-0.1, -0.05) is 18.2 Å². The van der Waals surface area contributed by atoms with Gasteiger partial charge in [0, 0.05) is 23.9 Å². The van der Waals surface area contributed by atoms with Crippen molar-refractivity contribution < 1.29 is 27.4 Å². The van der Waals surface area contributed by atoms with Crippen LogP contribution in [0.3, 0.4) is 0 Å². The van der Waals surface area contributed by atoms with E-state index in [9.17, 15) is 13.2 Å². The number of benzene rings is 2. The molecule has 0 aromatic heterocycles. The molecule has 2 aromatic carbocycles. The van der Waals surface area contributed by atoms with E-state index in [4.69, 9.17) is 14.2 Å². The van der Waals surface area contributed by atoms with Gasteiger partial charge < -0.3 is 19.5 Å². The maximum atomic E-state index is 12.4. The number of rotatable bonds is 7. The zero-order valence-electron chi connectivity index (χ0n) is 15.0. The van der Waals surface area contributed by atoms with Gasteiger partial charge in [-0.3, -0.25) is 4.79 Å². The standard InChI is InChI=1S/C18H20N2O6S/c1-24-15-6-4-3-5-13(15)10-20(27(2,22)23)11-18(21)19-14-7-8-16-17(9-14)26-12-25-16/h3-9H,10-12H2,1-2H3,(H,19,21). The molecule has 144 valence electrons. The van der Waals surface area contributed by atoms with Crippen molar-refractivity contribution in [2.45, 2.75) is 6.54 Å². The Bertz CT molecular complexity index is 945. The fourth-order valence-electron chi connectivity index (χ4n) is 2.65. The van der Waals surface area contributed by atoms with Gasteiger partial charge in [0.25, 0.3) is 0 Å².